The first-order valence-electron chi connectivity index (χ1n) is 4.32. The fraction of sp³-hybridized carbons (Fsp3) is 0. The lowest BCUT2D eigenvalue weighted by Crippen LogP contribution is -1.98. The standard InChI is InChI=1S/C10H6BrF2N3/c11-5-1-2-6(12)8(9(5)13)7-3-4-15-10(14)16-7/h1-4H,(H2,14,15,16). The molecule has 0 fully saturated rings. The lowest BCUT2D eigenvalue weighted by Gasteiger charge is -2.05. The highest BCUT2D eigenvalue weighted by molar-refractivity contribution is 9.10. The van der Waals surface area contributed by atoms with Crippen LogP contribution in [0.25, 0.3) is 11.3 Å². The lowest BCUT2D eigenvalue weighted by molar-refractivity contribution is 0.584. The smallest absolute Gasteiger partial charge is 0.220 e. The van der Waals surface area contributed by atoms with Crippen LogP contribution in [0.2, 0.25) is 0 Å². The van der Waals surface area contributed by atoms with Crippen LogP contribution in [0.4, 0.5) is 14.7 Å². The van der Waals surface area contributed by atoms with Crippen LogP contribution in [-0.2, 0) is 0 Å². The van der Waals surface area contributed by atoms with Gasteiger partial charge in [-0.15, -0.1) is 0 Å². The Hall–Kier alpha value is -1.56. The summed E-state index contributed by atoms with van der Waals surface area (Å²) in [4.78, 5) is 7.43. The minimum Gasteiger partial charge on any atom is -0.368 e. The molecule has 0 spiro atoms. The summed E-state index contributed by atoms with van der Waals surface area (Å²) in [5, 5.41) is 0. The molecule has 0 aliphatic rings. The van der Waals surface area contributed by atoms with E-state index in [4.69, 9.17) is 5.73 Å². The van der Waals surface area contributed by atoms with Crippen LogP contribution >= 0.6 is 15.9 Å². The maximum atomic E-state index is 13.7. The van der Waals surface area contributed by atoms with Gasteiger partial charge in [0.15, 0.2) is 0 Å². The van der Waals surface area contributed by atoms with Crippen molar-refractivity contribution in [3.8, 4) is 11.3 Å². The minimum atomic E-state index is -0.710. The molecule has 0 atom stereocenters. The maximum absolute atomic E-state index is 13.7. The molecule has 6 heteroatoms. The monoisotopic (exact) mass is 285 g/mol. The third kappa shape index (κ3) is 1.88. The summed E-state index contributed by atoms with van der Waals surface area (Å²) >= 11 is 2.98. The van der Waals surface area contributed by atoms with Gasteiger partial charge in [0, 0.05) is 6.20 Å². The Kier molecular flexibility index (Phi) is 2.82. The van der Waals surface area contributed by atoms with Gasteiger partial charge in [-0.2, -0.15) is 0 Å². The number of hydrogen-bond donors (Lipinski definition) is 1. The molecule has 3 nitrogen and oxygen atoms in total. The number of rotatable bonds is 1. The van der Waals surface area contributed by atoms with Crippen LogP contribution in [0.3, 0.4) is 0 Å². The average molecular weight is 286 g/mol. The molecular formula is C10H6BrF2N3. The molecule has 2 aromatic rings. The molecule has 0 aliphatic carbocycles. The van der Waals surface area contributed by atoms with E-state index in [-0.39, 0.29) is 21.7 Å². The first-order chi connectivity index (χ1) is 7.59. The van der Waals surface area contributed by atoms with Crippen molar-refractivity contribution >= 4 is 21.9 Å². The van der Waals surface area contributed by atoms with Gasteiger partial charge in [-0.3, -0.25) is 0 Å². The molecule has 0 unspecified atom stereocenters. The Labute approximate surface area is 98.5 Å². The zero-order valence-corrected chi connectivity index (χ0v) is 9.50. The normalized spacial score (nSPS) is 10.4. The maximum Gasteiger partial charge on any atom is 0.220 e. The van der Waals surface area contributed by atoms with Crippen LogP contribution in [-0.4, -0.2) is 9.97 Å². The van der Waals surface area contributed by atoms with Crippen LogP contribution < -0.4 is 5.73 Å². The highest BCUT2D eigenvalue weighted by Gasteiger charge is 2.15. The lowest BCUT2D eigenvalue weighted by atomic mass is 10.1. The van der Waals surface area contributed by atoms with Gasteiger partial charge >= 0.3 is 0 Å². The van der Waals surface area contributed by atoms with Crippen molar-refractivity contribution in [3.63, 3.8) is 0 Å². The van der Waals surface area contributed by atoms with E-state index >= 15 is 0 Å². The van der Waals surface area contributed by atoms with Crippen molar-refractivity contribution in [3.05, 3.63) is 40.5 Å². The summed E-state index contributed by atoms with van der Waals surface area (Å²) in [6.07, 6.45) is 1.34. The number of benzene rings is 1. The van der Waals surface area contributed by atoms with Crippen LogP contribution in [0.1, 0.15) is 0 Å². The SMILES string of the molecule is Nc1nccc(-c2c(F)ccc(Br)c2F)n1. The molecule has 2 N–H and O–H groups in total. The molecule has 82 valence electrons. The van der Waals surface area contributed by atoms with Crippen LogP contribution in [0.5, 0.6) is 0 Å². The van der Waals surface area contributed by atoms with Gasteiger partial charge in [0.25, 0.3) is 0 Å². The van der Waals surface area contributed by atoms with Crippen molar-refractivity contribution in [1.82, 2.24) is 9.97 Å². The molecular weight excluding hydrogens is 280 g/mol. The number of anilines is 1. The number of nitrogen functional groups attached to an aromatic ring is 1. The highest BCUT2D eigenvalue weighted by Crippen LogP contribution is 2.29. The molecule has 0 radical (unpaired) electrons. The minimum absolute atomic E-state index is 0.0312. The molecule has 0 bridgehead atoms. The largest absolute Gasteiger partial charge is 0.368 e. The number of nitrogens with two attached hydrogens (primary N) is 1. The molecule has 2 rings (SSSR count). The predicted octanol–water partition coefficient (Wildman–Crippen LogP) is 2.77. The van der Waals surface area contributed by atoms with Crippen LogP contribution in [0.15, 0.2) is 28.9 Å². The summed E-state index contributed by atoms with van der Waals surface area (Å²) in [6.45, 7) is 0. The van der Waals surface area contributed by atoms with E-state index in [2.05, 4.69) is 25.9 Å². The van der Waals surface area contributed by atoms with Gasteiger partial charge in [-0.05, 0) is 34.1 Å². The van der Waals surface area contributed by atoms with Gasteiger partial charge in [0.2, 0.25) is 5.95 Å². The summed E-state index contributed by atoms with van der Waals surface area (Å²) < 4.78 is 27.3. The Morgan fingerprint density at radius 2 is 1.94 bits per heavy atom. The second kappa shape index (κ2) is 4.13. The Morgan fingerprint density at radius 3 is 2.62 bits per heavy atom. The molecule has 1 aromatic heterocycles. The van der Waals surface area contributed by atoms with Gasteiger partial charge < -0.3 is 5.73 Å². The van der Waals surface area contributed by atoms with Crippen molar-refractivity contribution in [2.75, 3.05) is 5.73 Å². The fourth-order valence-electron chi connectivity index (χ4n) is 1.27. The second-order valence-electron chi connectivity index (χ2n) is 3.02. The number of aromatic nitrogens is 2. The Balaban J connectivity index is 2.68. The third-order valence-electron chi connectivity index (χ3n) is 1.97. The molecule has 1 heterocycles. The number of hydrogen-bond acceptors (Lipinski definition) is 3. The average Bonchev–Trinajstić information content (AvgIpc) is 2.24. The van der Waals surface area contributed by atoms with E-state index in [9.17, 15) is 8.78 Å². The summed E-state index contributed by atoms with van der Waals surface area (Å²) in [6, 6.07) is 3.84. The zero-order chi connectivity index (χ0) is 11.7. The number of nitrogens with zero attached hydrogens (tertiary/aromatic N) is 2. The van der Waals surface area contributed by atoms with Crippen molar-refractivity contribution in [1.29, 1.82) is 0 Å². The molecule has 0 saturated heterocycles. The predicted molar refractivity (Wildman–Crippen MR) is 59.5 cm³/mol. The highest BCUT2D eigenvalue weighted by atomic mass is 79.9. The molecule has 0 saturated carbocycles. The van der Waals surface area contributed by atoms with E-state index in [1.54, 1.807) is 0 Å². The molecule has 16 heavy (non-hydrogen) atoms. The molecule has 1 aromatic carbocycles. The topological polar surface area (TPSA) is 51.8 Å². The Morgan fingerprint density at radius 1 is 1.19 bits per heavy atom. The fourth-order valence-corrected chi connectivity index (χ4v) is 1.61. The van der Waals surface area contributed by atoms with E-state index in [1.807, 2.05) is 0 Å². The van der Waals surface area contributed by atoms with Gasteiger partial charge in [0.1, 0.15) is 11.6 Å². The summed E-state index contributed by atoms with van der Waals surface area (Å²) in [7, 11) is 0. The first-order valence-corrected chi connectivity index (χ1v) is 5.11. The third-order valence-corrected chi connectivity index (χ3v) is 2.59. The van der Waals surface area contributed by atoms with Crippen molar-refractivity contribution in [2.24, 2.45) is 0 Å². The first kappa shape index (κ1) is 10.9. The molecule has 0 amide bonds. The Bertz CT molecular complexity index is 546. The van der Waals surface area contributed by atoms with Crippen LogP contribution in [0, 0.1) is 11.6 Å². The second-order valence-corrected chi connectivity index (χ2v) is 3.87. The molecule has 0 aliphatic heterocycles. The summed E-state index contributed by atoms with van der Waals surface area (Å²) in [5.41, 5.74) is 5.25. The van der Waals surface area contributed by atoms with Crippen molar-refractivity contribution in [2.45, 2.75) is 0 Å². The van der Waals surface area contributed by atoms with Gasteiger partial charge in [-0.1, -0.05) is 0 Å². The summed E-state index contributed by atoms with van der Waals surface area (Å²) in [5.74, 6) is -1.44. The van der Waals surface area contributed by atoms with E-state index < -0.39 is 11.6 Å². The van der Waals surface area contributed by atoms with E-state index in [0.29, 0.717) is 0 Å². The quantitative estimate of drug-likeness (QED) is 0.820. The van der Waals surface area contributed by atoms with Crippen molar-refractivity contribution < 1.29 is 8.78 Å². The van der Waals surface area contributed by atoms with Gasteiger partial charge in [0.05, 0.1) is 15.7 Å². The van der Waals surface area contributed by atoms with E-state index in [1.165, 1.54) is 18.3 Å². The number of halogens is 3. The van der Waals surface area contributed by atoms with E-state index in [0.717, 1.165) is 6.07 Å². The van der Waals surface area contributed by atoms with Gasteiger partial charge in [-0.25, -0.2) is 18.7 Å². The zero-order valence-electron chi connectivity index (χ0n) is 7.92.